The van der Waals surface area contributed by atoms with Gasteiger partial charge in [0.25, 0.3) is 0 Å². The van der Waals surface area contributed by atoms with Crippen LogP contribution in [-0.4, -0.2) is 29.0 Å². The van der Waals surface area contributed by atoms with Crippen molar-refractivity contribution in [3.8, 4) is 17.2 Å². The molecular weight excluding hydrogens is 282 g/mol. The van der Waals surface area contributed by atoms with Gasteiger partial charge in [-0.2, -0.15) is 5.10 Å². The number of aromatic amines is 1. The number of nitrogens with zero attached hydrogens (tertiary/aromatic N) is 2. The first-order valence-electron chi connectivity index (χ1n) is 7.64. The number of benzene rings is 1. The highest BCUT2D eigenvalue weighted by Gasteiger charge is 2.24. The topological polar surface area (TPSA) is 69.1 Å². The predicted molar refractivity (Wildman–Crippen MR) is 83.1 cm³/mol. The third kappa shape index (κ3) is 2.61. The molecular formula is C16H21N3O3. The monoisotopic (exact) mass is 303 g/mol. The second-order valence-corrected chi connectivity index (χ2v) is 5.60. The van der Waals surface area contributed by atoms with Gasteiger partial charge in [0.15, 0.2) is 0 Å². The Morgan fingerprint density at radius 3 is 2.64 bits per heavy atom. The smallest absolute Gasteiger partial charge is 0.348 e. The van der Waals surface area contributed by atoms with Crippen LogP contribution in [0.25, 0.3) is 5.69 Å². The summed E-state index contributed by atoms with van der Waals surface area (Å²) >= 11 is 0. The largest absolute Gasteiger partial charge is 0.497 e. The molecule has 0 aliphatic heterocycles. The molecule has 1 fully saturated rings. The van der Waals surface area contributed by atoms with Crippen LogP contribution in [-0.2, 0) is 0 Å². The molecule has 0 unspecified atom stereocenters. The van der Waals surface area contributed by atoms with Crippen molar-refractivity contribution in [2.24, 2.45) is 0 Å². The fraction of sp³-hybridized carbons (Fsp3) is 0.500. The number of methoxy groups -OCH3 is 2. The van der Waals surface area contributed by atoms with Crippen molar-refractivity contribution in [3.63, 3.8) is 0 Å². The Bertz CT molecular complexity index is 699. The Morgan fingerprint density at radius 2 is 1.95 bits per heavy atom. The molecule has 2 aromatic rings. The summed E-state index contributed by atoms with van der Waals surface area (Å²) in [6, 6.07) is 5.42. The standard InChI is InChI=1S/C16H21N3O3/c1-21-12-8-9-14(22-2)13(10-12)19-15(17-18-16(19)20)11-6-4-3-5-7-11/h8-11H,3-7H2,1-2H3,(H,18,20). The van der Waals surface area contributed by atoms with Crippen LogP contribution >= 0.6 is 0 Å². The summed E-state index contributed by atoms with van der Waals surface area (Å²) in [5, 5.41) is 6.86. The van der Waals surface area contributed by atoms with Crippen molar-refractivity contribution in [1.29, 1.82) is 0 Å². The van der Waals surface area contributed by atoms with Crippen LogP contribution in [0.15, 0.2) is 23.0 Å². The summed E-state index contributed by atoms with van der Waals surface area (Å²) in [7, 11) is 3.20. The quantitative estimate of drug-likeness (QED) is 0.942. The minimum absolute atomic E-state index is 0.243. The van der Waals surface area contributed by atoms with E-state index < -0.39 is 0 Å². The summed E-state index contributed by atoms with van der Waals surface area (Å²) in [6.07, 6.45) is 5.75. The summed E-state index contributed by atoms with van der Waals surface area (Å²) in [6.45, 7) is 0. The molecule has 1 aromatic heterocycles. The van der Waals surface area contributed by atoms with E-state index in [0.717, 1.165) is 18.7 Å². The van der Waals surface area contributed by atoms with Gasteiger partial charge in [-0.25, -0.2) is 14.5 Å². The molecule has 22 heavy (non-hydrogen) atoms. The lowest BCUT2D eigenvalue weighted by molar-refractivity contribution is 0.398. The van der Waals surface area contributed by atoms with Gasteiger partial charge in [0, 0.05) is 12.0 Å². The molecule has 1 heterocycles. The number of aromatic nitrogens is 3. The van der Waals surface area contributed by atoms with Crippen LogP contribution in [0.3, 0.4) is 0 Å². The van der Waals surface area contributed by atoms with Gasteiger partial charge in [0.1, 0.15) is 17.3 Å². The molecule has 0 amide bonds. The SMILES string of the molecule is COc1ccc(OC)c(-n2c(C3CCCCC3)n[nH]c2=O)c1. The van der Waals surface area contributed by atoms with Crippen molar-refractivity contribution < 1.29 is 9.47 Å². The number of H-pyrrole nitrogens is 1. The van der Waals surface area contributed by atoms with E-state index in [4.69, 9.17) is 9.47 Å². The van der Waals surface area contributed by atoms with E-state index in [1.54, 1.807) is 24.9 Å². The average Bonchev–Trinajstić information content (AvgIpc) is 2.96. The molecule has 0 bridgehead atoms. The lowest BCUT2D eigenvalue weighted by atomic mass is 9.88. The van der Waals surface area contributed by atoms with Gasteiger partial charge in [0.2, 0.25) is 0 Å². The molecule has 0 radical (unpaired) electrons. The van der Waals surface area contributed by atoms with E-state index in [-0.39, 0.29) is 5.69 Å². The van der Waals surface area contributed by atoms with E-state index in [2.05, 4.69) is 10.2 Å². The predicted octanol–water partition coefficient (Wildman–Crippen LogP) is 2.63. The zero-order valence-electron chi connectivity index (χ0n) is 13.0. The third-order valence-corrected chi connectivity index (χ3v) is 4.30. The van der Waals surface area contributed by atoms with Crippen molar-refractivity contribution in [2.45, 2.75) is 38.0 Å². The van der Waals surface area contributed by atoms with Crippen LogP contribution in [0.4, 0.5) is 0 Å². The Morgan fingerprint density at radius 1 is 1.18 bits per heavy atom. The maximum absolute atomic E-state index is 12.3. The molecule has 1 aliphatic rings. The molecule has 3 rings (SSSR count). The molecule has 118 valence electrons. The number of hydrogen-bond donors (Lipinski definition) is 1. The van der Waals surface area contributed by atoms with Crippen molar-refractivity contribution in [3.05, 3.63) is 34.5 Å². The normalized spacial score (nSPS) is 15.7. The van der Waals surface area contributed by atoms with Crippen LogP contribution in [0.2, 0.25) is 0 Å². The number of hydrogen-bond acceptors (Lipinski definition) is 4. The minimum Gasteiger partial charge on any atom is -0.497 e. The zero-order valence-corrected chi connectivity index (χ0v) is 13.0. The van der Waals surface area contributed by atoms with Crippen LogP contribution < -0.4 is 15.2 Å². The first kappa shape index (κ1) is 14.7. The Kier molecular flexibility index (Phi) is 4.18. The average molecular weight is 303 g/mol. The Hall–Kier alpha value is -2.24. The molecule has 0 atom stereocenters. The highest BCUT2D eigenvalue weighted by Crippen LogP contribution is 2.34. The van der Waals surface area contributed by atoms with E-state index in [1.807, 2.05) is 12.1 Å². The Balaban J connectivity index is 2.11. The molecule has 1 aliphatic carbocycles. The van der Waals surface area contributed by atoms with Gasteiger partial charge in [-0.15, -0.1) is 0 Å². The summed E-state index contributed by atoms with van der Waals surface area (Å²) in [4.78, 5) is 12.3. The summed E-state index contributed by atoms with van der Waals surface area (Å²) in [5.74, 6) is 2.40. The highest BCUT2D eigenvalue weighted by molar-refractivity contribution is 5.51. The number of ether oxygens (including phenoxy) is 2. The molecule has 1 saturated carbocycles. The molecule has 1 aromatic carbocycles. The molecule has 0 spiro atoms. The van der Waals surface area contributed by atoms with Gasteiger partial charge in [0.05, 0.1) is 19.9 Å². The fourth-order valence-corrected chi connectivity index (χ4v) is 3.15. The molecule has 6 nitrogen and oxygen atoms in total. The van der Waals surface area contributed by atoms with Gasteiger partial charge in [-0.05, 0) is 25.0 Å². The minimum atomic E-state index is -0.243. The molecule has 6 heteroatoms. The van der Waals surface area contributed by atoms with Gasteiger partial charge >= 0.3 is 5.69 Å². The summed E-state index contributed by atoms with van der Waals surface area (Å²) < 4.78 is 12.3. The first-order chi connectivity index (χ1) is 10.7. The van der Waals surface area contributed by atoms with Gasteiger partial charge in [-0.3, -0.25) is 0 Å². The maximum Gasteiger partial charge on any atom is 0.348 e. The zero-order chi connectivity index (χ0) is 15.5. The van der Waals surface area contributed by atoms with Crippen LogP contribution in [0.1, 0.15) is 43.8 Å². The van der Waals surface area contributed by atoms with Crippen LogP contribution in [0.5, 0.6) is 11.5 Å². The first-order valence-corrected chi connectivity index (χ1v) is 7.64. The molecule has 0 saturated heterocycles. The highest BCUT2D eigenvalue weighted by atomic mass is 16.5. The van der Waals surface area contributed by atoms with E-state index in [9.17, 15) is 4.79 Å². The summed E-state index contributed by atoms with van der Waals surface area (Å²) in [5.41, 5.74) is 0.424. The van der Waals surface area contributed by atoms with Crippen molar-refractivity contribution in [2.75, 3.05) is 14.2 Å². The van der Waals surface area contributed by atoms with Gasteiger partial charge < -0.3 is 9.47 Å². The molecule has 1 N–H and O–H groups in total. The van der Waals surface area contributed by atoms with E-state index >= 15 is 0 Å². The lowest BCUT2D eigenvalue weighted by Crippen LogP contribution is -2.20. The van der Waals surface area contributed by atoms with Crippen molar-refractivity contribution >= 4 is 0 Å². The maximum atomic E-state index is 12.3. The van der Waals surface area contributed by atoms with Crippen molar-refractivity contribution in [1.82, 2.24) is 14.8 Å². The van der Waals surface area contributed by atoms with Crippen LogP contribution in [0, 0.1) is 0 Å². The Labute approximate surface area is 129 Å². The second-order valence-electron chi connectivity index (χ2n) is 5.60. The van der Waals surface area contributed by atoms with E-state index in [0.29, 0.717) is 23.1 Å². The van der Waals surface area contributed by atoms with Gasteiger partial charge in [-0.1, -0.05) is 19.3 Å². The number of nitrogens with one attached hydrogen (secondary N) is 1. The number of rotatable bonds is 4. The lowest BCUT2D eigenvalue weighted by Gasteiger charge is -2.21. The fourth-order valence-electron chi connectivity index (χ4n) is 3.15. The third-order valence-electron chi connectivity index (χ3n) is 4.30. The van der Waals surface area contributed by atoms with E-state index in [1.165, 1.54) is 19.3 Å². The second kappa shape index (κ2) is 6.25.